The molecule has 4 nitrogen and oxygen atoms in total. The second kappa shape index (κ2) is 5.93. The Morgan fingerprint density at radius 2 is 1.95 bits per heavy atom. The van der Waals surface area contributed by atoms with Crippen molar-refractivity contribution in [2.45, 2.75) is 19.8 Å². The van der Waals surface area contributed by atoms with Gasteiger partial charge in [-0.2, -0.15) is 10.5 Å². The predicted octanol–water partition coefficient (Wildman–Crippen LogP) is 2.94. The van der Waals surface area contributed by atoms with E-state index in [1.54, 1.807) is 0 Å². The second-order valence-corrected chi connectivity index (χ2v) is 4.62. The molecule has 1 aromatic rings. The molecule has 1 fully saturated rings. The Hall–Kier alpha value is -2.46. The van der Waals surface area contributed by atoms with Gasteiger partial charge in [0.05, 0.1) is 0 Å². The van der Waals surface area contributed by atoms with Crippen LogP contribution in [-0.4, -0.2) is 13.1 Å². The van der Waals surface area contributed by atoms with Crippen molar-refractivity contribution in [3.05, 3.63) is 35.5 Å². The highest BCUT2D eigenvalue weighted by Crippen LogP contribution is 2.25. The molecule has 2 rings (SSSR count). The van der Waals surface area contributed by atoms with Gasteiger partial charge in [-0.15, -0.1) is 0 Å². The van der Waals surface area contributed by atoms with Crippen molar-refractivity contribution in [3.8, 4) is 12.1 Å². The SMILES string of the molecule is Cc1cc(N2CCCC2)ccc1NC=C(C#N)C#N. The van der Waals surface area contributed by atoms with Gasteiger partial charge in [-0.1, -0.05) is 0 Å². The number of benzene rings is 1. The average molecular weight is 252 g/mol. The maximum absolute atomic E-state index is 8.67. The minimum Gasteiger partial charge on any atom is -0.372 e. The Labute approximate surface area is 113 Å². The first-order valence-corrected chi connectivity index (χ1v) is 6.37. The molecule has 19 heavy (non-hydrogen) atoms. The molecule has 4 heteroatoms. The van der Waals surface area contributed by atoms with Crippen LogP contribution in [-0.2, 0) is 0 Å². The molecule has 0 aliphatic carbocycles. The van der Waals surface area contributed by atoms with Crippen LogP contribution in [0.3, 0.4) is 0 Å². The molecule has 0 bridgehead atoms. The van der Waals surface area contributed by atoms with Crippen molar-refractivity contribution in [1.82, 2.24) is 0 Å². The van der Waals surface area contributed by atoms with Gasteiger partial charge in [-0.3, -0.25) is 0 Å². The van der Waals surface area contributed by atoms with Gasteiger partial charge in [0.15, 0.2) is 0 Å². The minimum atomic E-state index is 0.0722. The van der Waals surface area contributed by atoms with Crippen molar-refractivity contribution in [2.75, 3.05) is 23.3 Å². The molecule has 1 aromatic carbocycles. The van der Waals surface area contributed by atoms with Crippen molar-refractivity contribution in [1.29, 1.82) is 10.5 Å². The Balaban J connectivity index is 2.14. The van der Waals surface area contributed by atoms with Crippen LogP contribution in [0.4, 0.5) is 11.4 Å². The zero-order valence-corrected chi connectivity index (χ0v) is 11.0. The predicted molar refractivity (Wildman–Crippen MR) is 75.6 cm³/mol. The van der Waals surface area contributed by atoms with Crippen molar-refractivity contribution in [3.63, 3.8) is 0 Å². The number of hydrogen-bond acceptors (Lipinski definition) is 4. The maximum Gasteiger partial charge on any atom is 0.145 e. The summed E-state index contributed by atoms with van der Waals surface area (Å²) < 4.78 is 0. The first-order valence-electron chi connectivity index (χ1n) is 6.37. The summed E-state index contributed by atoms with van der Waals surface area (Å²) in [6, 6.07) is 9.86. The lowest BCUT2D eigenvalue weighted by molar-refractivity contribution is 0.949. The van der Waals surface area contributed by atoms with E-state index in [9.17, 15) is 0 Å². The Morgan fingerprint density at radius 1 is 1.26 bits per heavy atom. The summed E-state index contributed by atoms with van der Waals surface area (Å²) in [6.07, 6.45) is 3.96. The fraction of sp³-hybridized carbons (Fsp3) is 0.333. The number of nitrogens with zero attached hydrogens (tertiary/aromatic N) is 3. The number of allylic oxidation sites excluding steroid dienone is 1. The van der Waals surface area contributed by atoms with Crippen molar-refractivity contribution in [2.24, 2.45) is 0 Å². The summed E-state index contributed by atoms with van der Waals surface area (Å²) in [4.78, 5) is 2.38. The van der Waals surface area contributed by atoms with E-state index in [1.165, 1.54) is 24.7 Å². The van der Waals surface area contributed by atoms with Crippen LogP contribution >= 0.6 is 0 Å². The van der Waals surface area contributed by atoms with Crippen molar-refractivity contribution < 1.29 is 0 Å². The van der Waals surface area contributed by atoms with Crippen LogP contribution < -0.4 is 10.2 Å². The summed E-state index contributed by atoms with van der Waals surface area (Å²) in [5.41, 5.74) is 3.34. The monoisotopic (exact) mass is 252 g/mol. The first-order chi connectivity index (χ1) is 9.24. The fourth-order valence-corrected chi connectivity index (χ4v) is 2.22. The molecule has 1 saturated heterocycles. The molecule has 0 aromatic heterocycles. The first kappa shape index (κ1) is 13.0. The minimum absolute atomic E-state index is 0.0722. The van der Waals surface area contributed by atoms with Gasteiger partial charge in [0.1, 0.15) is 17.7 Å². The van der Waals surface area contributed by atoms with E-state index >= 15 is 0 Å². The van der Waals surface area contributed by atoms with E-state index in [4.69, 9.17) is 10.5 Å². The molecule has 1 aliphatic heterocycles. The van der Waals surface area contributed by atoms with E-state index in [0.29, 0.717) is 0 Å². The smallest absolute Gasteiger partial charge is 0.145 e. The summed E-state index contributed by atoms with van der Waals surface area (Å²) in [5, 5.41) is 20.4. The van der Waals surface area contributed by atoms with E-state index in [2.05, 4.69) is 22.3 Å². The van der Waals surface area contributed by atoms with Gasteiger partial charge in [-0.25, -0.2) is 0 Å². The second-order valence-electron chi connectivity index (χ2n) is 4.62. The maximum atomic E-state index is 8.67. The lowest BCUT2D eigenvalue weighted by Crippen LogP contribution is -2.17. The number of anilines is 2. The lowest BCUT2D eigenvalue weighted by Gasteiger charge is -2.19. The summed E-state index contributed by atoms with van der Waals surface area (Å²) in [6.45, 7) is 4.27. The third kappa shape index (κ3) is 3.05. The normalized spacial score (nSPS) is 13.5. The van der Waals surface area contributed by atoms with E-state index < -0.39 is 0 Å². The molecular formula is C15H16N4. The highest BCUT2D eigenvalue weighted by Gasteiger charge is 2.12. The molecule has 1 aliphatic rings. The van der Waals surface area contributed by atoms with E-state index in [0.717, 1.165) is 24.3 Å². The molecule has 96 valence electrons. The zero-order chi connectivity index (χ0) is 13.7. The third-order valence-electron chi connectivity index (χ3n) is 3.29. The van der Waals surface area contributed by atoms with E-state index in [-0.39, 0.29) is 5.57 Å². The Morgan fingerprint density at radius 3 is 2.53 bits per heavy atom. The van der Waals surface area contributed by atoms with Crippen molar-refractivity contribution >= 4 is 11.4 Å². The fourth-order valence-electron chi connectivity index (χ4n) is 2.22. The quantitative estimate of drug-likeness (QED) is 0.840. The molecular weight excluding hydrogens is 236 g/mol. The highest BCUT2D eigenvalue weighted by molar-refractivity contribution is 5.62. The van der Waals surface area contributed by atoms with Crippen LogP contribution in [0, 0.1) is 29.6 Å². The van der Waals surface area contributed by atoms with Crippen LogP contribution in [0.25, 0.3) is 0 Å². The Kier molecular flexibility index (Phi) is 4.05. The average Bonchev–Trinajstić information content (AvgIpc) is 2.95. The van der Waals surface area contributed by atoms with Crippen LogP contribution in [0.5, 0.6) is 0 Å². The highest BCUT2D eigenvalue weighted by atomic mass is 15.1. The molecule has 0 spiro atoms. The van der Waals surface area contributed by atoms with Gasteiger partial charge >= 0.3 is 0 Å². The number of rotatable bonds is 3. The van der Waals surface area contributed by atoms with E-state index in [1.807, 2.05) is 25.1 Å². The topological polar surface area (TPSA) is 62.9 Å². The zero-order valence-electron chi connectivity index (χ0n) is 11.0. The molecule has 0 unspecified atom stereocenters. The van der Waals surface area contributed by atoms with Gasteiger partial charge < -0.3 is 10.2 Å². The van der Waals surface area contributed by atoms with Gasteiger partial charge in [0.2, 0.25) is 0 Å². The number of aryl methyl sites for hydroxylation is 1. The molecule has 0 radical (unpaired) electrons. The largest absolute Gasteiger partial charge is 0.372 e. The van der Waals surface area contributed by atoms with Crippen LogP contribution in [0.2, 0.25) is 0 Å². The lowest BCUT2D eigenvalue weighted by atomic mass is 10.1. The Bertz CT molecular complexity index is 553. The van der Waals surface area contributed by atoms with Gasteiger partial charge in [-0.05, 0) is 43.5 Å². The summed E-state index contributed by atoms with van der Waals surface area (Å²) in [5.74, 6) is 0. The van der Waals surface area contributed by atoms with Crippen LogP contribution in [0.15, 0.2) is 30.0 Å². The number of nitrogens with one attached hydrogen (secondary N) is 1. The number of hydrogen-bond donors (Lipinski definition) is 1. The summed E-state index contributed by atoms with van der Waals surface area (Å²) in [7, 11) is 0. The molecule has 0 amide bonds. The molecule has 1 heterocycles. The summed E-state index contributed by atoms with van der Waals surface area (Å²) >= 11 is 0. The van der Waals surface area contributed by atoms with Gasteiger partial charge in [0.25, 0.3) is 0 Å². The van der Waals surface area contributed by atoms with Crippen LogP contribution in [0.1, 0.15) is 18.4 Å². The molecule has 0 atom stereocenters. The standard InChI is InChI=1S/C15H16N4/c1-12-8-14(19-6-2-3-7-19)4-5-15(12)18-11-13(9-16)10-17/h4-5,8,11,18H,2-3,6-7H2,1H3. The number of nitriles is 2. The van der Waals surface area contributed by atoms with Gasteiger partial charge in [0, 0.05) is 30.7 Å². The molecule has 1 N–H and O–H groups in total. The third-order valence-corrected chi connectivity index (χ3v) is 3.29. The molecule has 0 saturated carbocycles.